The van der Waals surface area contributed by atoms with Gasteiger partial charge in [0.2, 0.25) is 0 Å². The first-order valence-corrected chi connectivity index (χ1v) is 5.06. The van der Waals surface area contributed by atoms with Gasteiger partial charge >= 0.3 is 0 Å². The maximum absolute atomic E-state index is 13.3. The van der Waals surface area contributed by atoms with Crippen LogP contribution < -0.4 is 5.32 Å². The Labute approximate surface area is 90.2 Å². The van der Waals surface area contributed by atoms with Crippen molar-refractivity contribution in [2.45, 2.75) is 26.7 Å². The summed E-state index contributed by atoms with van der Waals surface area (Å²) in [6, 6.07) is 3.88. The molecule has 1 heterocycles. The molecular weight excluding hydrogens is 191 g/mol. The molecule has 0 amide bonds. The van der Waals surface area contributed by atoms with E-state index in [4.69, 9.17) is 0 Å². The van der Waals surface area contributed by atoms with E-state index in [0.29, 0.717) is 17.2 Å². The molecule has 0 saturated carbocycles. The predicted molar refractivity (Wildman–Crippen MR) is 61.1 cm³/mol. The number of nitrogens with zero attached hydrogens (tertiary/aromatic N) is 1. The predicted octanol–water partition coefficient (Wildman–Crippen LogP) is 3.08. The van der Waals surface area contributed by atoms with Crippen LogP contribution in [-0.2, 0) is 0 Å². The highest BCUT2D eigenvalue weighted by molar-refractivity contribution is 5.62. The van der Waals surface area contributed by atoms with E-state index in [-0.39, 0.29) is 5.95 Å². The lowest BCUT2D eigenvalue weighted by molar-refractivity contribution is 0.576. The van der Waals surface area contributed by atoms with Gasteiger partial charge < -0.3 is 5.32 Å². The summed E-state index contributed by atoms with van der Waals surface area (Å²) in [6.07, 6.45) is 1.72. The maximum atomic E-state index is 13.3. The highest BCUT2D eigenvalue weighted by atomic mass is 19.1. The third kappa shape index (κ3) is 2.78. The van der Waals surface area contributed by atoms with Gasteiger partial charge in [0.25, 0.3) is 0 Å². The molecule has 0 aromatic carbocycles. The molecule has 0 aliphatic rings. The number of hydrogen-bond donors (Lipinski definition) is 1. The van der Waals surface area contributed by atoms with Crippen molar-refractivity contribution in [2.24, 2.45) is 0 Å². The molecule has 0 fully saturated rings. The van der Waals surface area contributed by atoms with Crippen molar-refractivity contribution >= 4 is 5.57 Å². The zero-order valence-corrected chi connectivity index (χ0v) is 9.63. The van der Waals surface area contributed by atoms with E-state index in [2.05, 4.69) is 24.1 Å². The van der Waals surface area contributed by atoms with Gasteiger partial charge in [-0.3, -0.25) is 4.98 Å². The van der Waals surface area contributed by atoms with Gasteiger partial charge in [-0.05, 0) is 30.5 Å². The summed E-state index contributed by atoms with van der Waals surface area (Å²) in [7, 11) is 1.56. The minimum Gasteiger partial charge on any atom is -0.365 e. The monoisotopic (exact) mass is 208 g/mol. The SMILES string of the molecule is CN/C(F)=C(\C)c1cc(C(C)C)ccn1. The fourth-order valence-corrected chi connectivity index (χ4v) is 1.31. The molecule has 0 saturated heterocycles. The van der Waals surface area contributed by atoms with Crippen molar-refractivity contribution in [3.8, 4) is 0 Å². The average molecular weight is 208 g/mol. The first-order chi connectivity index (χ1) is 7.06. The normalized spacial score (nSPS) is 12.7. The van der Waals surface area contributed by atoms with Gasteiger partial charge in [-0.25, -0.2) is 0 Å². The van der Waals surface area contributed by atoms with E-state index in [1.165, 1.54) is 5.56 Å². The minimum absolute atomic E-state index is 0.330. The summed E-state index contributed by atoms with van der Waals surface area (Å²) in [5.41, 5.74) is 2.40. The van der Waals surface area contributed by atoms with Crippen molar-refractivity contribution in [3.05, 3.63) is 35.5 Å². The van der Waals surface area contributed by atoms with Crippen molar-refractivity contribution < 1.29 is 4.39 Å². The van der Waals surface area contributed by atoms with Crippen LogP contribution in [0.4, 0.5) is 4.39 Å². The van der Waals surface area contributed by atoms with Crippen LogP contribution in [0.25, 0.3) is 5.57 Å². The van der Waals surface area contributed by atoms with Crippen molar-refractivity contribution in [1.82, 2.24) is 10.3 Å². The minimum atomic E-state index is -0.330. The number of nitrogens with one attached hydrogen (secondary N) is 1. The number of rotatable bonds is 3. The van der Waals surface area contributed by atoms with E-state index in [0.717, 1.165) is 0 Å². The highest BCUT2D eigenvalue weighted by Gasteiger charge is 2.06. The van der Waals surface area contributed by atoms with Crippen molar-refractivity contribution in [2.75, 3.05) is 7.05 Å². The Morgan fingerprint density at radius 1 is 1.47 bits per heavy atom. The molecule has 3 heteroatoms. The van der Waals surface area contributed by atoms with Crippen LogP contribution in [0.3, 0.4) is 0 Å². The number of hydrogen-bond acceptors (Lipinski definition) is 2. The summed E-state index contributed by atoms with van der Waals surface area (Å²) < 4.78 is 13.3. The number of halogens is 1. The molecule has 1 N–H and O–H groups in total. The van der Waals surface area contributed by atoms with Gasteiger partial charge in [0.05, 0.1) is 5.69 Å². The first-order valence-electron chi connectivity index (χ1n) is 5.06. The Hall–Kier alpha value is -1.38. The molecule has 0 atom stereocenters. The molecule has 0 unspecified atom stereocenters. The zero-order chi connectivity index (χ0) is 11.4. The molecule has 1 aromatic heterocycles. The van der Waals surface area contributed by atoms with Crippen LogP contribution in [0.2, 0.25) is 0 Å². The lowest BCUT2D eigenvalue weighted by Crippen LogP contribution is -2.04. The Morgan fingerprint density at radius 2 is 2.13 bits per heavy atom. The van der Waals surface area contributed by atoms with Gasteiger partial charge in [0, 0.05) is 18.8 Å². The van der Waals surface area contributed by atoms with Crippen LogP contribution in [0, 0.1) is 0 Å². The van der Waals surface area contributed by atoms with E-state index in [1.807, 2.05) is 12.1 Å². The molecule has 0 bridgehead atoms. The van der Waals surface area contributed by atoms with Crippen molar-refractivity contribution in [3.63, 3.8) is 0 Å². The number of aromatic nitrogens is 1. The van der Waals surface area contributed by atoms with Crippen molar-refractivity contribution in [1.29, 1.82) is 0 Å². The fourth-order valence-electron chi connectivity index (χ4n) is 1.31. The summed E-state index contributed by atoms with van der Waals surface area (Å²) in [5, 5.41) is 2.48. The second kappa shape index (κ2) is 4.91. The average Bonchev–Trinajstić information content (AvgIpc) is 2.27. The van der Waals surface area contributed by atoms with E-state index in [9.17, 15) is 4.39 Å². The second-order valence-electron chi connectivity index (χ2n) is 3.82. The summed E-state index contributed by atoms with van der Waals surface area (Å²) in [4.78, 5) is 4.15. The summed E-state index contributed by atoms with van der Waals surface area (Å²) in [6.45, 7) is 5.93. The standard InChI is InChI=1S/C12H17FN2/c1-8(2)10-5-6-15-11(7-10)9(3)12(13)14-4/h5-8,14H,1-4H3/b12-9+. The molecule has 1 rings (SSSR count). The van der Waals surface area contributed by atoms with E-state index < -0.39 is 0 Å². The quantitative estimate of drug-likeness (QED) is 0.772. The molecule has 0 aliphatic carbocycles. The lowest BCUT2D eigenvalue weighted by Gasteiger charge is -2.08. The summed E-state index contributed by atoms with van der Waals surface area (Å²) >= 11 is 0. The maximum Gasteiger partial charge on any atom is 0.191 e. The van der Waals surface area contributed by atoms with Crippen LogP contribution in [-0.4, -0.2) is 12.0 Å². The Balaban J connectivity index is 3.11. The number of allylic oxidation sites excluding steroid dienone is 1. The Bertz CT molecular complexity index is 370. The Morgan fingerprint density at radius 3 is 2.67 bits per heavy atom. The zero-order valence-electron chi connectivity index (χ0n) is 9.63. The number of pyridine rings is 1. The van der Waals surface area contributed by atoms with Crippen LogP contribution in [0.1, 0.15) is 37.9 Å². The molecule has 82 valence electrons. The molecule has 1 aromatic rings. The first kappa shape index (κ1) is 11.7. The van der Waals surface area contributed by atoms with Crippen LogP contribution >= 0.6 is 0 Å². The topological polar surface area (TPSA) is 24.9 Å². The molecule has 15 heavy (non-hydrogen) atoms. The second-order valence-corrected chi connectivity index (χ2v) is 3.82. The van der Waals surface area contributed by atoms with Crippen LogP contribution in [0.5, 0.6) is 0 Å². The van der Waals surface area contributed by atoms with E-state index in [1.54, 1.807) is 20.2 Å². The van der Waals surface area contributed by atoms with E-state index >= 15 is 0 Å². The van der Waals surface area contributed by atoms with Gasteiger partial charge in [0.1, 0.15) is 0 Å². The molecule has 0 radical (unpaired) electrons. The third-order valence-electron chi connectivity index (χ3n) is 2.38. The van der Waals surface area contributed by atoms with Crippen LogP contribution in [0.15, 0.2) is 24.3 Å². The molecule has 2 nitrogen and oxygen atoms in total. The highest BCUT2D eigenvalue weighted by Crippen LogP contribution is 2.20. The van der Waals surface area contributed by atoms with Gasteiger partial charge in [-0.2, -0.15) is 4.39 Å². The summed E-state index contributed by atoms with van der Waals surface area (Å²) in [5.74, 6) is 0.0978. The molecule has 0 aliphatic heterocycles. The Kier molecular flexibility index (Phi) is 3.83. The smallest absolute Gasteiger partial charge is 0.191 e. The van der Waals surface area contributed by atoms with Gasteiger partial charge in [-0.15, -0.1) is 0 Å². The largest absolute Gasteiger partial charge is 0.365 e. The fraction of sp³-hybridized carbons (Fsp3) is 0.417. The lowest BCUT2D eigenvalue weighted by atomic mass is 10.0. The molecular formula is C12H17FN2. The van der Waals surface area contributed by atoms with Gasteiger partial charge in [0.15, 0.2) is 5.95 Å². The molecule has 0 spiro atoms. The van der Waals surface area contributed by atoms with Gasteiger partial charge in [-0.1, -0.05) is 13.8 Å². The third-order valence-corrected chi connectivity index (χ3v) is 2.38.